The fourth-order valence-electron chi connectivity index (χ4n) is 3.42. The van der Waals surface area contributed by atoms with Crippen LogP contribution in [0.5, 0.6) is 0 Å². The van der Waals surface area contributed by atoms with Crippen LogP contribution in [-0.4, -0.2) is 71.5 Å². The Morgan fingerprint density at radius 1 is 1.42 bits per heavy atom. The SMILES string of the molecule is Cc1nn([C@@H]2CCS(=O)(=O)C2)c(C)c1CN(C)CN1CCOC1=S. The van der Waals surface area contributed by atoms with Crippen LogP contribution < -0.4 is 0 Å². The first-order valence-electron chi connectivity index (χ1n) is 8.12. The van der Waals surface area contributed by atoms with E-state index in [-0.39, 0.29) is 17.5 Å². The van der Waals surface area contributed by atoms with Crippen molar-refractivity contribution >= 4 is 27.2 Å². The molecule has 9 heteroatoms. The second-order valence-electron chi connectivity index (χ2n) is 6.68. The molecule has 24 heavy (non-hydrogen) atoms. The van der Waals surface area contributed by atoms with Crippen LogP contribution in [-0.2, 0) is 21.1 Å². The number of hydrogen-bond donors (Lipinski definition) is 0. The number of thiocarbonyl (C=S) groups is 1. The maximum Gasteiger partial charge on any atom is 0.260 e. The topological polar surface area (TPSA) is 67.7 Å². The van der Waals surface area contributed by atoms with Gasteiger partial charge < -0.3 is 9.64 Å². The number of aryl methyl sites for hydroxylation is 1. The predicted molar refractivity (Wildman–Crippen MR) is 95.6 cm³/mol. The summed E-state index contributed by atoms with van der Waals surface area (Å²) in [5.74, 6) is 0.460. The zero-order valence-electron chi connectivity index (χ0n) is 14.4. The third kappa shape index (κ3) is 3.57. The van der Waals surface area contributed by atoms with Crippen molar-refractivity contribution in [3.05, 3.63) is 17.0 Å². The lowest BCUT2D eigenvalue weighted by molar-refractivity contribution is 0.227. The smallest absolute Gasteiger partial charge is 0.260 e. The molecule has 1 aromatic rings. The Morgan fingerprint density at radius 3 is 2.75 bits per heavy atom. The zero-order chi connectivity index (χ0) is 17.5. The fourth-order valence-corrected chi connectivity index (χ4v) is 5.34. The molecule has 0 spiro atoms. The Balaban J connectivity index is 1.71. The van der Waals surface area contributed by atoms with E-state index in [1.807, 2.05) is 30.5 Å². The summed E-state index contributed by atoms with van der Waals surface area (Å²) in [5, 5.41) is 5.18. The van der Waals surface area contributed by atoms with Gasteiger partial charge in [-0.05, 0) is 39.5 Å². The average molecular weight is 373 g/mol. The van der Waals surface area contributed by atoms with Gasteiger partial charge in [0.05, 0.1) is 36.5 Å². The van der Waals surface area contributed by atoms with Crippen LogP contribution in [0.2, 0.25) is 0 Å². The minimum atomic E-state index is -2.92. The van der Waals surface area contributed by atoms with Crippen LogP contribution in [0, 0.1) is 13.8 Å². The molecule has 0 aromatic carbocycles. The molecule has 0 unspecified atom stereocenters. The van der Waals surface area contributed by atoms with Crippen LogP contribution in [0.4, 0.5) is 0 Å². The van der Waals surface area contributed by atoms with Crippen molar-refractivity contribution < 1.29 is 13.2 Å². The Kier molecular flexibility index (Phi) is 4.85. The minimum absolute atomic E-state index is 0.0349. The van der Waals surface area contributed by atoms with Gasteiger partial charge in [-0.15, -0.1) is 0 Å². The van der Waals surface area contributed by atoms with Gasteiger partial charge in [-0.1, -0.05) is 0 Å². The number of ether oxygens (including phenoxy) is 1. The Labute approximate surface area is 148 Å². The highest BCUT2D eigenvalue weighted by Crippen LogP contribution is 2.27. The molecule has 2 aliphatic heterocycles. The number of nitrogens with zero attached hydrogens (tertiary/aromatic N) is 4. The maximum absolute atomic E-state index is 11.7. The molecule has 0 saturated carbocycles. The third-order valence-electron chi connectivity index (χ3n) is 4.71. The van der Waals surface area contributed by atoms with Crippen molar-refractivity contribution in [1.82, 2.24) is 19.6 Å². The molecule has 1 atom stereocenters. The quantitative estimate of drug-likeness (QED) is 0.710. The van der Waals surface area contributed by atoms with Crippen LogP contribution in [0.25, 0.3) is 0 Å². The van der Waals surface area contributed by atoms with Crippen LogP contribution in [0.3, 0.4) is 0 Å². The number of hydrogen-bond acceptors (Lipinski definition) is 6. The van der Waals surface area contributed by atoms with E-state index in [1.54, 1.807) is 0 Å². The molecule has 3 heterocycles. The van der Waals surface area contributed by atoms with E-state index in [2.05, 4.69) is 10.00 Å². The largest absolute Gasteiger partial charge is 0.469 e. The summed E-state index contributed by atoms with van der Waals surface area (Å²) < 4.78 is 30.7. The van der Waals surface area contributed by atoms with E-state index in [0.29, 0.717) is 24.9 Å². The molecule has 0 amide bonds. The van der Waals surface area contributed by atoms with Gasteiger partial charge >= 0.3 is 0 Å². The molecule has 0 N–H and O–H groups in total. The summed E-state index contributed by atoms with van der Waals surface area (Å²) in [6, 6.07) is -0.0349. The van der Waals surface area contributed by atoms with Gasteiger partial charge in [0, 0.05) is 17.8 Å². The molecule has 2 aliphatic rings. The molecule has 0 radical (unpaired) electrons. The molecule has 0 bridgehead atoms. The zero-order valence-corrected chi connectivity index (χ0v) is 16.0. The van der Waals surface area contributed by atoms with Gasteiger partial charge in [0.2, 0.25) is 0 Å². The summed E-state index contributed by atoms with van der Waals surface area (Å²) in [6.45, 7) is 6.94. The second kappa shape index (κ2) is 6.61. The monoisotopic (exact) mass is 372 g/mol. The molecule has 2 saturated heterocycles. The predicted octanol–water partition coefficient (Wildman–Crippen LogP) is 0.866. The Bertz CT molecular complexity index is 744. The van der Waals surface area contributed by atoms with E-state index < -0.39 is 9.84 Å². The lowest BCUT2D eigenvalue weighted by atomic mass is 10.2. The Morgan fingerprint density at radius 2 is 2.17 bits per heavy atom. The lowest BCUT2D eigenvalue weighted by Crippen LogP contribution is -2.36. The summed E-state index contributed by atoms with van der Waals surface area (Å²) >= 11 is 5.18. The third-order valence-corrected chi connectivity index (χ3v) is 6.84. The van der Waals surface area contributed by atoms with Gasteiger partial charge in [0.25, 0.3) is 5.17 Å². The van der Waals surface area contributed by atoms with E-state index in [0.717, 1.165) is 30.0 Å². The molecule has 1 aromatic heterocycles. The molecule has 7 nitrogen and oxygen atoms in total. The first kappa shape index (κ1) is 17.6. The fraction of sp³-hybridized carbons (Fsp3) is 0.733. The van der Waals surface area contributed by atoms with E-state index in [1.165, 1.54) is 0 Å². The maximum atomic E-state index is 11.7. The van der Waals surface area contributed by atoms with Gasteiger partial charge in [-0.3, -0.25) is 9.58 Å². The van der Waals surface area contributed by atoms with E-state index in [4.69, 9.17) is 17.0 Å². The molecule has 2 fully saturated rings. The van der Waals surface area contributed by atoms with Gasteiger partial charge in [0.15, 0.2) is 9.84 Å². The average Bonchev–Trinajstić information content (AvgIpc) is 3.14. The molecular weight excluding hydrogens is 348 g/mol. The number of rotatable bonds is 5. The highest BCUT2D eigenvalue weighted by atomic mass is 32.2. The lowest BCUT2D eigenvalue weighted by Gasteiger charge is -2.23. The van der Waals surface area contributed by atoms with Crippen LogP contribution >= 0.6 is 12.2 Å². The van der Waals surface area contributed by atoms with Crippen molar-refractivity contribution in [2.24, 2.45) is 0 Å². The molecule has 3 rings (SSSR count). The standard InChI is InChI=1S/C15H24N4O3S2/c1-11-14(8-17(3)10-18-5-6-22-15(18)23)12(2)19(16-11)13-4-7-24(20,21)9-13/h13H,4-10H2,1-3H3/t13-/m1/s1. The van der Waals surface area contributed by atoms with Crippen molar-refractivity contribution in [2.75, 3.05) is 38.4 Å². The number of aromatic nitrogens is 2. The van der Waals surface area contributed by atoms with E-state index in [9.17, 15) is 8.42 Å². The van der Waals surface area contributed by atoms with Crippen molar-refractivity contribution in [2.45, 2.75) is 32.9 Å². The van der Waals surface area contributed by atoms with E-state index >= 15 is 0 Å². The summed E-state index contributed by atoms with van der Waals surface area (Å²) in [4.78, 5) is 4.21. The minimum Gasteiger partial charge on any atom is -0.469 e. The van der Waals surface area contributed by atoms with Gasteiger partial charge in [0.1, 0.15) is 6.61 Å². The summed E-state index contributed by atoms with van der Waals surface area (Å²) in [7, 11) is -0.876. The molecule has 134 valence electrons. The highest BCUT2D eigenvalue weighted by Gasteiger charge is 2.31. The summed E-state index contributed by atoms with van der Waals surface area (Å²) in [5.41, 5.74) is 3.18. The van der Waals surface area contributed by atoms with Crippen LogP contribution in [0.15, 0.2) is 0 Å². The Hall–Kier alpha value is -1.19. The normalized spacial score (nSPS) is 23.2. The second-order valence-corrected chi connectivity index (χ2v) is 9.26. The molecule has 0 aliphatic carbocycles. The van der Waals surface area contributed by atoms with Gasteiger partial charge in [-0.2, -0.15) is 5.10 Å². The summed E-state index contributed by atoms with van der Waals surface area (Å²) in [6.07, 6.45) is 0.652. The highest BCUT2D eigenvalue weighted by molar-refractivity contribution is 7.91. The first-order chi connectivity index (χ1) is 11.3. The first-order valence-corrected chi connectivity index (χ1v) is 10.3. The van der Waals surface area contributed by atoms with Gasteiger partial charge in [-0.25, -0.2) is 8.42 Å². The van der Waals surface area contributed by atoms with Crippen LogP contribution in [0.1, 0.15) is 29.4 Å². The molecular formula is C15H24N4O3S2. The number of sulfone groups is 1. The van der Waals surface area contributed by atoms with Crippen molar-refractivity contribution in [3.63, 3.8) is 0 Å². The van der Waals surface area contributed by atoms with Crippen molar-refractivity contribution in [1.29, 1.82) is 0 Å². The van der Waals surface area contributed by atoms with Crippen molar-refractivity contribution in [3.8, 4) is 0 Å².